The van der Waals surface area contributed by atoms with Crippen molar-refractivity contribution in [1.82, 2.24) is 9.66 Å². The molecule has 3 rings (SSSR count). The van der Waals surface area contributed by atoms with E-state index in [4.69, 9.17) is 4.42 Å². The molecule has 23 heavy (non-hydrogen) atoms. The highest BCUT2D eigenvalue weighted by Gasteiger charge is 2.10. The predicted octanol–water partition coefficient (Wildman–Crippen LogP) is 4.72. The molecular formula is C15H10Br3N3O2. The molecule has 0 spiro atoms. The summed E-state index contributed by atoms with van der Waals surface area (Å²) in [5.74, 6) is 1.11. The Morgan fingerprint density at radius 3 is 2.74 bits per heavy atom. The summed E-state index contributed by atoms with van der Waals surface area (Å²) in [4.78, 5) is 17.2. The summed E-state index contributed by atoms with van der Waals surface area (Å²) < 4.78 is 8.91. The van der Waals surface area contributed by atoms with Gasteiger partial charge in [-0.15, -0.1) is 0 Å². The quantitative estimate of drug-likeness (QED) is 0.486. The third-order valence-corrected chi connectivity index (χ3v) is 5.36. The monoisotopic (exact) mass is 501 g/mol. The van der Waals surface area contributed by atoms with Crippen molar-refractivity contribution in [3.05, 3.63) is 59.8 Å². The molecule has 0 aliphatic heterocycles. The van der Waals surface area contributed by atoms with Crippen molar-refractivity contribution in [2.75, 3.05) is 0 Å². The molecular weight excluding hydrogens is 494 g/mol. The van der Waals surface area contributed by atoms with Gasteiger partial charge >= 0.3 is 0 Å². The van der Waals surface area contributed by atoms with Crippen LogP contribution < -0.4 is 5.56 Å². The zero-order valence-electron chi connectivity index (χ0n) is 11.9. The Balaban J connectivity index is 2.15. The molecule has 0 saturated heterocycles. The van der Waals surface area contributed by atoms with E-state index in [1.165, 1.54) is 10.9 Å². The number of aryl methyl sites for hydroxylation is 1. The average Bonchev–Trinajstić information content (AvgIpc) is 2.85. The van der Waals surface area contributed by atoms with E-state index in [0.717, 1.165) is 8.95 Å². The fourth-order valence-corrected chi connectivity index (χ4v) is 3.05. The smallest absolute Gasteiger partial charge is 0.282 e. The lowest BCUT2D eigenvalue weighted by atomic mass is 10.2. The van der Waals surface area contributed by atoms with E-state index in [-0.39, 0.29) is 5.56 Å². The fraction of sp³-hybridized carbons (Fsp3) is 0.133. The normalized spacial score (nSPS) is 11.7. The number of furan rings is 1. The van der Waals surface area contributed by atoms with Gasteiger partial charge in [0, 0.05) is 17.0 Å². The molecule has 0 N–H and O–H groups in total. The van der Waals surface area contributed by atoms with Crippen molar-refractivity contribution in [2.24, 2.45) is 5.10 Å². The largest absolute Gasteiger partial charge is 0.447 e. The van der Waals surface area contributed by atoms with E-state index >= 15 is 0 Å². The number of rotatable bonds is 3. The summed E-state index contributed by atoms with van der Waals surface area (Å²) in [6, 6.07) is 7.18. The van der Waals surface area contributed by atoms with Crippen molar-refractivity contribution in [3.63, 3.8) is 0 Å². The Labute approximate surface area is 156 Å². The summed E-state index contributed by atoms with van der Waals surface area (Å²) >= 11 is 9.97. The van der Waals surface area contributed by atoms with Crippen LogP contribution in [0.3, 0.4) is 0 Å². The molecule has 3 aromatic rings. The third-order valence-electron chi connectivity index (χ3n) is 3.16. The number of hydrogen-bond acceptors (Lipinski definition) is 4. The van der Waals surface area contributed by atoms with Crippen molar-refractivity contribution < 1.29 is 4.42 Å². The van der Waals surface area contributed by atoms with Crippen LogP contribution in [0, 0.1) is 0 Å². The van der Waals surface area contributed by atoms with Crippen molar-refractivity contribution in [1.29, 1.82) is 0 Å². The second kappa shape index (κ2) is 6.70. The van der Waals surface area contributed by atoms with Gasteiger partial charge < -0.3 is 4.42 Å². The van der Waals surface area contributed by atoms with Crippen LogP contribution in [0.15, 0.2) is 52.2 Å². The first kappa shape index (κ1) is 16.6. The Morgan fingerprint density at radius 1 is 1.30 bits per heavy atom. The van der Waals surface area contributed by atoms with E-state index in [9.17, 15) is 4.79 Å². The fourth-order valence-electron chi connectivity index (χ4n) is 2.08. The number of nitrogens with zero attached hydrogens (tertiary/aromatic N) is 3. The van der Waals surface area contributed by atoms with Gasteiger partial charge in [-0.2, -0.15) is 9.78 Å². The highest BCUT2D eigenvalue weighted by Crippen LogP contribution is 2.25. The highest BCUT2D eigenvalue weighted by molar-refractivity contribution is 9.13. The number of aromatic nitrogens is 2. The molecule has 118 valence electrons. The zero-order chi connectivity index (χ0) is 16.6. The molecule has 0 atom stereocenters. The molecule has 2 heterocycles. The lowest BCUT2D eigenvalue weighted by Crippen LogP contribution is -2.22. The Hall–Kier alpha value is -1.25. The Bertz CT molecular complexity index is 956. The maximum absolute atomic E-state index is 12.7. The lowest BCUT2D eigenvalue weighted by molar-refractivity contribution is 0.532. The van der Waals surface area contributed by atoms with Crippen LogP contribution >= 0.6 is 47.8 Å². The van der Waals surface area contributed by atoms with E-state index in [1.54, 1.807) is 12.1 Å². The molecule has 0 aliphatic rings. The maximum atomic E-state index is 12.7. The minimum absolute atomic E-state index is 0.214. The van der Waals surface area contributed by atoms with Crippen molar-refractivity contribution >= 4 is 64.9 Å². The number of halogens is 3. The van der Waals surface area contributed by atoms with E-state index < -0.39 is 0 Å². The zero-order valence-corrected chi connectivity index (χ0v) is 16.6. The van der Waals surface area contributed by atoms with Crippen LogP contribution in [0.5, 0.6) is 0 Å². The molecule has 0 unspecified atom stereocenters. The summed E-state index contributed by atoms with van der Waals surface area (Å²) in [7, 11) is 0. The molecule has 8 heteroatoms. The van der Waals surface area contributed by atoms with Crippen LogP contribution in [0.25, 0.3) is 10.9 Å². The van der Waals surface area contributed by atoms with Gasteiger partial charge in [-0.3, -0.25) is 4.79 Å². The molecule has 0 radical (unpaired) electrons. The second-order valence-corrected chi connectivity index (χ2v) is 7.17. The molecule has 5 nitrogen and oxygen atoms in total. The van der Waals surface area contributed by atoms with Gasteiger partial charge in [0.1, 0.15) is 11.6 Å². The molecule has 1 aromatic carbocycles. The van der Waals surface area contributed by atoms with Crippen LogP contribution in [0.2, 0.25) is 0 Å². The molecule has 0 aliphatic carbocycles. The first-order chi connectivity index (χ1) is 11.0. The topological polar surface area (TPSA) is 60.4 Å². The van der Waals surface area contributed by atoms with Gasteiger partial charge in [-0.25, -0.2) is 4.98 Å². The van der Waals surface area contributed by atoms with Gasteiger partial charge in [0.15, 0.2) is 4.67 Å². The average molecular weight is 504 g/mol. The molecule has 0 saturated carbocycles. The van der Waals surface area contributed by atoms with Gasteiger partial charge in [0.2, 0.25) is 0 Å². The van der Waals surface area contributed by atoms with Gasteiger partial charge in [-0.05, 0) is 50.1 Å². The minimum Gasteiger partial charge on any atom is -0.447 e. The highest BCUT2D eigenvalue weighted by atomic mass is 79.9. The Kier molecular flexibility index (Phi) is 4.84. The third kappa shape index (κ3) is 3.34. The molecule has 0 amide bonds. The standard InChI is InChI=1S/C15H10Br3N3O2/c1-2-13-20-12-4-3-8(16)5-10(12)15(22)21(13)19-7-9-6-11(17)14(18)23-9/h3-7H,2H2,1H3. The van der Waals surface area contributed by atoms with Crippen molar-refractivity contribution in [3.8, 4) is 0 Å². The summed E-state index contributed by atoms with van der Waals surface area (Å²) in [5, 5.41) is 4.76. The molecule has 2 aromatic heterocycles. The van der Waals surface area contributed by atoms with Gasteiger partial charge in [-0.1, -0.05) is 22.9 Å². The van der Waals surface area contributed by atoms with E-state index in [0.29, 0.717) is 33.6 Å². The summed E-state index contributed by atoms with van der Waals surface area (Å²) in [5.41, 5.74) is 0.444. The molecule has 0 fully saturated rings. The summed E-state index contributed by atoms with van der Waals surface area (Å²) in [6.07, 6.45) is 2.08. The van der Waals surface area contributed by atoms with Crippen LogP contribution in [0.4, 0.5) is 0 Å². The van der Waals surface area contributed by atoms with E-state index in [2.05, 4.69) is 57.9 Å². The first-order valence-electron chi connectivity index (χ1n) is 6.70. The number of fused-ring (bicyclic) bond motifs is 1. The number of benzene rings is 1. The van der Waals surface area contributed by atoms with Crippen LogP contribution in [-0.2, 0) is 6.42 Å². The van der Waals surface area contributed by atoms with Crippen LogP contribution in [0.1, 0.15) is 18.5 Å². The van der Waals surface area contributed by atoms with Gasteiger partial charge in [0.05, 0.1) is 21.6 Å². The van der Waals surface area contributed by atoms with Gasteiger partial charge in [0.25, 0.3) is 5.56 Å². The van der Waals surface area contributed by atoms with Crippen molar-refractivity contribution in [2.45, 2.75) is 13.3 Å². The minimum atomic E-state index is -0.214. The SMILES string of the molecule is CCc1nc2ccc(Br)cc2c(=O)n1N=Cc1cc(Br)c(Br)o1. The predicted molar refractivity (Wildman–Crippen MR) is 100 cm³/mol. The lowest BCUT2D eigenvalue weighted by Gasteiger charge is -2.07. The maximum Gasteiger partial charge on any atom is 0.282 e. The first-order valence-corrected chi connectivity index (χ1v) is 9.08. The van der Waals surface area contributed by atoms with E-state index in [1.807, 2.05) is 19.1 Å². The summed E-state index contributed by atoms with van der Waals surface area (Å²) in [6.45, 7) is 1.93. The molecule has 0 bridgehead atoms. The van der Waals surface area contributed by atoms with Crippen LogP contribution in [-0.4, -0.2) is 15.9 Å². The Morgan fingerprint density at radius 2 is 2.09 bits per heavy atom. The second-order valence-electron chi connectivity index (χ2n) is 4.67. The number of hydrogen-bond donors (Lipinski definition) is 0.